The molecule has 0 amide bonds. The van der Waals surface area contributed by atoms with Crippen molar-refractivity contribution in [2.24, 2.45) is 0 Å². The summed E-state index contributed by atoms with van der Waals surface area (Å²) in [5.74, 6) is 0.735. The molecule has 0 N–H and O–H groups in total. The van der Waals surface area contributed by atoms with Gasteiger partial charge in [0.2, 0.25) is 5.88 Å². The van der Waals surface area contributed by atoms with E-state index >= 15 is 0 Å². The van der Waals surface area contributed by atoms with Gasteiger partial charge in [0, 0.05) is 22.8 Å². The Morgan fingerprint density at radius 1 is 0.861 bits per heavy atom. The Labute approximate surface area is 217 Å². The van der Waals surface area contributed by atoms with Crippen molar-refractivity contribution in [3.63, 3.8) is 0 Å². The number of aryl methyl sites for hydroxylation is 2. The van der Waals surface area contributed by atoms with Gasteiger partial charge in [-0.2, -0.15) is 13.4 Å². The molecule has 0 aliphatic heterocycles. The first kappa shape index (κ1) is 26.2. The number of fused-ring (bicyclic) bond motifs is 1. The summed E-state index contributed by atoms with van der Waals surface area (Å²) in [5.41, 5.74) is 4.32. The summed E-state index contributed by atoms with van der Waals surface area (Å²) in [6, 6.07) is 7.61. The van der Waals surface area contributed by atoms with Crippen molar-refractivity contribution < 1.29 is 12.6 Å². The van der Waals surface area contributed by atoms with Crippen LogP contribution in [0.3, 0.4) is 0 Å². The number of benzene rings is 1. The quantitative estimate of drug-likeness (QED) is 0.233. The highest BCUT2D eigenvalue weighted by atomic mass is 32.2. The van der Waals surface area contributed by atoms with E-state index < -0.39 is 10.1 Å². The van der Waals surface area contributed by atoms with Crippen LogP contribution in [0, 0.1) is 13.8 Å². The van der Waals surface area contributed by atoms with Crippen LogP contribution < -0.4 is 4.18 Å². The van der Waals surface area contributed by atoms with Crippen LogP contribution in [0.2, 0.25) is 0 Å². The van der Waals surface area contributed by atoms with Crippen LogP contribution in [0.4, 0.5) is 0 Å². The smallest absolute Gasteiger partial charge is 0.341 e. The minimum atomic E-state index is -4.20. The van der Waals surface area contributed by atoms with E-state index in [4.69, 9.17) is 9.17 Å². The lowest BCUT2D eigenvalue weighted by atomic mass is 9.89. The molecule has 1 aromatic carbocycles. The van der Waals surface area contributed by atoms with E-state index in [-0.39, 0.29) is 28.5 Å². The Hall–Kier alpha value is -2.84. The van der Waals surface area contributed by atoms with Crippen LogP contribution in [0.1, 0.15) is 86.4 Å². The van der Waals surface area contributed by atoms with Gasteiger partial charge >= 0.3 is 10.1 Å². The van der Waals surface area contributed by atoms with E-state index in [1.54, 1.807) is 24.5 Å². The van der Waals surface area contributed by atoms with E-state index in [1.807, 2.05) is 53.7 Å². The maximum atomic E-state index is 14.1. The predicted molar refractivity (Wildman–Crippen MR) is 147 cm³/mol. The van der Waals surface area contributed by atoms with E-state index in [1.165, 1.54) is 11.3 Å². The topological polar surface area (TPSA) is 82.0 Å². The average molecular weight is 524 g/mol. The maximum absolute atomic E-state index is 14.1. The molecule has 0 bridgehead atoms. The molecule has 0 saturated heterocycles. The third-order valence-electron chi connectivity index (χ3n) is 6.45. The van der Waals surface area contributed by atoms with Gasteiger partial charge in [-0.05, 0) is 66.0 Å². The molecule has 0 fully saturated rings. The number of rotatable bonds is 7. The Bertz CT molecular complexity index is 1490. The molecule has 0 unspecified atom stereocenters. The summed E-state index contributed by atoms with van der Waals surface area (Å²) in [4.78, 5) is 15.4. The van der Waals surface area contributed by atoms with Crippen LogP contribution in [-0.2, 0) is 10.1 Å². The van der Waals surface area contributed by atoms with Crippen molar-refractivity contribution in [3.05, 3.63) is 63.8 Å². The van der Waals surface area contributed by atoms with Gasteiger partial charge in [0.05, 0.1) is 5.39 Å². The lowest BCUT2D eigenvalue weighted by Crippen LogP contribution is -2.18. The molecule has 8 heteroatoms. The van der Waals surface area contributed by atoms with Gasteiger partial charge in [-0.1, -0.05) is 53.7 Å². The number of nitrogens with zero attached hydrogens (tertiary/aromatic N) is 3. The third-order valence-corrected chi connectivity index (χ3v) is 8.90. The normalized spacial score (nSPS) is 12.3. The largest absolute Gasteiger partial charge is 0.357 e. The fourth-order valence-electron chi connectivity index (χ4n) is 4.23. The Morgan fingerprint density at radius 3 is 1.97 bits per heavy atom. The Balaban J connectivity index is 1.96. The highest BCUT2D eigenvalue weighted by Crippen LogP contribution is 2.40. The van der Waals surface area contributed by atoms with Gasteiger partial charge in [-0.3, -0.25) is 4.98 Å². The predicted octanol–water partition coefficient (Wildman–Crippen LogP) is 7.51. The number of pyridine rings is 1. The van der Waals surface area contributed by atoms with Crippen molar-refractivity contribution in [2.75, 3.05) is 0 Å². The summed E-state index contributed by atoms with van der Waals surface area (Å²) in [6.07, 6.45) is 3.32. The fourth-order valence-corrected chi connectivity index (χ4v) is 6.83. The van der Waals surface area contributed by atoms with Crippen LogP contribution in [0.25, 0.3) is 21.6 Å². The summed E-state index contributed by atoms with van der Waals surface area (Å²) in [6.45, 7) is 16.2. The monoisotopic (exact) mass is 523 g/mol. The van der Waals surface area contributed by atoms with Crippen molar-refractivity contribution in [1.82, 2.24) is 15.0 Å². The number of aromatic nitrogens is 3. The maximum Gasteiger partial charge on any atom is 0.341 e. The van der Waals surface area contributed by atoms with Crippen LogP contribution in [0.15, 0.2) is 41.6 Å². The number of hydrogen-bond donors (Lipinski definition) is 0. The molecule has 190 valence electrons. The van der Waals surface area contributed by atoms with Crippen molar-refractivity contribution in [3.8, 4) is 17.3 Å². The minimum Gasteiger partial charge on any atom is -0.357 e. The zero-order chi connectivity index (χ0) is 26.4. The zero-order valence-electron chi connectivity index (χ0n) is 22.1. The molecular weight excluding hydrogens is 490 g/mol. The van der Waals surface area contributed by atoms with Crippen LogP contribution >= 0.6 is 11.3 Å². The zero-order valence-corrected chi connectivity index (χ0v) is 23.7. The SMILES string of the molecule is Cc1sc2nc(-c3ccncc3)nc(OS(=O)(=O)c3c(C(C)C)cc(C(C)C)cc3C(C)C)c2c1C. The molecule has 3 heterocycles. The second-order valence-corrected chi connectivity index (χ2v) is 12.8. The molecule has 3 aromatic heterocycles. The van der Waals surface area contributed by atoms with E-state index in [9.17, 15) is 8.42 Å². The Morgan fingerprint density at radius 2 is 1.44 bits per heavy atom. The molecule has 4 aromatic rings. The molecule has 0 radical (unpaired) electrons. The molecule has 36 heavy (non-hydrogen) atoms. The Kier molecular flexibility index (Phi) is 7.21. The first-order chi connectivity index (χ1) is 16.9. The molecule has 0 atom stereocenters. The van der Waals surface area contributed by atoms with Crippen molar-refractivity contribution in [2.45, 2.75) is 78.0 Å². The average Bonchev–Trinajstić information content (AvgIpc) is 3.11. The molecule has 0 aliphatic carbocycles. The highest BCUT2D eigenvalue weighted by molar-refractivity contribution is 7.87. The lowest BCUT2D eigenvalue weighted by molar-refractivity contribution is 0.475. The first-order valence-corrected chi connectivity index (χ1v) is 14.4. The second kappa shape index (κ2) is 9.90. The van der Waals surface area contributed by atoms with E-state index in [0.717, 1.165) is 32.7 Å². The fraction of sp³-hybridized carbons (Fsp3) is 0.393. The number of hydrogen-bond acceptors (Lipinski definition) is 7. The van der Waals surface area contributed by atoms with Crippen molar-refractivity contribution >= 4 is 31.7 Å². The van der Waals surface area contributed by atoms with Crippen LogP contribution in [-0.4, -0.2) is 23.4 Å². The highest BCUT2D eigenvalue weighted by Gasteiger charge is 2.30. The summed E-state index contributed by atoms with van der Waals surface area (Å²) >= 11 is 1.50. The van der Waals surface area contributed by atoms with Gasteiger partial charge in [-0.25, -0.2) is 4.98 Å². The lowest BCUT2D eigenvalue weighted by Gasteiger charge is -2.22. The van der Waals surface area contributed by atoms with Gasteiger partial charge < -0.3 is 4.18 Å². The second-order valence-electron chi connectivity index (χ2n) is 10.1. The van der Waals surface area contributed by atoms with Crippen molar-refractivity contribution in [1.29, 1.82) is 0 Å². The number of thiophene rings is 1. The molecule has 4 rings (SSSR count). The van der Waals surface area contributed by atoms with E-state index in [2.05, 4.69) is 23.8 Å². The first-order valence-electron chi connectivity index (χ1n) is 12.2. The summed E-state index contributed by atoms with van der Waals surface area (Å²) in [7, 11) is -4.20. The van der Waals surface area contributed by atoms with Gasteiger partial charge in [0.25, 0.3) is 0 Å². The van der Waals surface area contributed by atoms with Gasteiger partial charge in [0.15, 0.2) is 5.82 Å². The standard InChI is InChI=1S/C28H33N3O3S2/c1-15(2)21-13-22(16(3)4)25(23(14-21)17(5)6)36(32,33)34-27-24-18(7)19(8)35-28(24)31-26(30-27)20-9-11-29-12-10-20/h9-17H,1-8H3. The van der Waals surface area contributed by atoms with E-state index in [0.29, 0.717) is 16.0 Å². The molecule has 0 aliphatic rings. The van der Waals surface area contributed by atoms with Gasteiger partial charge in [-0.15, -0.1) is 11.3 Å². The molecule has 0 saturated carbocycles. The third kappa shape index (κ3) is 4.89. The minimum absolute atomic E-state index is 0.00231. The molecular formula is C28H33N3O3S2. The van der Waals surface area contributed by atoms with Crippen LogP contribution in [0.5, 0.6) is 5.88 Å². The summed E-state index contributed by atoms with van der Waals surface area (Å²) in [5, 5.41) is 0.634. The summed E-state index contributed by atoms with van der Waals surface area (Å²) < 4.78 is 34.1. The molecule has 0 spiro atoms. The molecule has 6 nitrogen and oxygen atoms in total. The van der Waals surface area contributed by atoms with Gasteiger partial charge in [0.1, 0.15) is 9.73 Å².